The molecule has 0 bridgehead atoms. The summed E-state index contributed by atoms with van der Waals surface area (Å²) in [5.41, 5.74) is 1.98. The van der Waals surface area contributed by atoms with E-state index in [9.17, 15) is 4.79 Å². The number of nitrogens with one attached hydrogen (secondary N) is 2. The van der Waals surface area contributed by atoms with Crippen molar-refractivity contribution >= 4 is 29.1 Å². The van der Waals surface area contributed by atoms with Crippen molar-refractivity contribution in [2.45, 2.75) is 6.42 Å². The molecule has 0 aliphatic carbocycles. The first-order valence-corrected chi connectivity index (χ1v) is 8.80. The second-order valence-corrected chi connectivity index (χ2v) is 6.10. The summed E-state index contributed by atoms with van der Waals surface area (Å²) in [4.78, 5) is 20.8. The van der Waals surface area contributed by atoms with Crippen molar-refractivity contribution in [1.82, 2.24) is 15.3 Å². The molecule has 0 unspecified atom stereocenters. The Morgan fingerprint density at radius 1 is 1.11 bits per heavy atom. The van der Waals surface area contributed by atoms with Gasteiger partial charge in [-0.3, -0.25) is 4.79 Å². The van der Waals surface area contributed by atoms with Gasteiger partial charge >= 0.3 is 0 Å². The van der Waals surface area contributed by atoms with Gasteiger partial charge in [-0.1, -0.05) is 41.9 Å². The third-order valence-electron chi connectivity index (χ3n) is 3.88. The van der Waals surface area contributed by atoms with Gasteiger partial charge in [-0.25, -0.2) is 9.97 Å². The van der Waals surface area contributed by atoms with E-state index in [1.165, 1.54) is 6.20 Å². The van der Waals surface area contributed by atoms with Gasteiger partial charge in [0.15, 0.2) is 0 Å². The van der Waals surface area contributed by atoms with Crippen molar-refractivity contribution in [3.63, 3.8) is 0 Å². The highest BCUT2D eigenvalue weighted by molar-refractivity contribution is 6.33. The number of carbonyl (C=O) groups excluding carboxylic acids is 1. The summed E-state index contributed by atoms with van der Waals surface area (Å²) < 4.78 is 5.32. The van der Waals surface area contributed by atoms with Crippen molar-refractivity contribution in [3.05, 3.63) is 77.1 Å². The zero-order valence-corrected chi connectivity index (χ0v) is 15.5. The molecular formula is C20H19ClN4O2. The lowest BCUT2D eigenvalue weighted by molar-refractivity contribution is 0.0949. The molecule has 6 nitrogen and oxygen atoms in total. The van der Waals surface area contributed by atoms with Crippen LogP contribution in [0, 0.1) is 0 Å². The molecule has 27 heavy (non-hydrogen) atoms. The number of rotatable bonds is 7. The molecule has 0 fully saturated rings. The maximum absolute atomic E-state index is 12.4. The van der Waals surface area contributed by atoms with E-state index in [0.29, 0.717) is 29.6 Å². The van der Waals surface area contributed by atoms with Gasteiger partial charge in [0.2, 0.25) is 5.95 Å². The fourth-order valence-electron chi connectivity index (χ4n) is 2.54. The van der Waals surface area contributed by atoms with E-state index in [2.05, 4.69) is 20.6 Å². The number of ether oxygens (including phenoxy) is 1. The molecule has 1 heterocycles. The molecule has 3 rings (SSSR count). The molecule has 1 aromatic heterocycles. The number of amides is 1. The Balaban J connectivity index is 1.61. The summed E-state index contributed by atoms with van der Waals surface area (Å²) in [5, 5.41) is 6.43. The minimum Gasteiger partial charge on any atom is -0.496 e. The van der Waals surface area contributed by atoms with Gasteiger partial charge in [0, 0.05) is 12.7 Å². The van der Waals surface area contributed by atoms with Crippen LogP contribution in [-0.2, 0) is 6.42 Å². The number of benzene rings is 2. The van der Waals surface area contributed by atoms with Crippen LogP contribution in [0.5, 0.6) is 5.75 Å². The molecule has 0 aliphatic rings. The molecule has 0 spiro atoms. The SMILES string of the molecule is COc1ccccc1CCNC(=O)c1ccnc(Nc2ccccc2Cl)n1. The maximum Gasteiger partial charge on any atom is 0.270 e. The molecule has 0 radical (unpaired) electrons. The van der Waals surface area contributed by atoms with Gasteiger partial charge in [-0.15, -0.1) is 0 Å². The smallest absolute Gasteiger partial charge is 0.270 e. The quantitative estimate of drug-likeness (QED) is 0.649. The minimum atomic E-state index is -0.269. The fraction of sp³-hybridized carbons (Fsp3) is 0.150. The van der Waals surface area contributed by atoms with Crippen molar-refractivity contribution in [2.75, 3.05) is 19.0 Å². The Hall–Kier alpha value is -3.12. The van der Waals surface area contributed by atoms with Crippen LogP contribution < -0.4 is 15.4 Å². The summed E-state index contributed by atoms with van der Waals surface area (Å²) in [6.45, 7) is 0.469. The van der Waals surface area contributed by atoms with Gasteiger partial charge in [0.05, 0.1) is 17.8 Å². The number of hydrogen-bond acceptors (Lipinski definition) is 5. The molecule has 0 saturated heterocycles. The third-order valence-corrected chi connectivity index (χ3v) is 4.21. The Morgan fingerprint density at radius 2 is 1.89 bits per heavy atom. The molecule has 3 aromatic rings. The lowest BCUT2D eigenvalue weighted by atomic mass is 10.1. The lowest BCUT2D eigenvalue weighted by Crippen LogP contribution is -2.26. The highest BCUT2D eigenvalue weighted by Crippen LogP contribution is 2.23. The van der Waals surface area contributed by atoms with E-state index in [0.717, 1.165) is 11.3 Å². The van der Waals surface area contributed by atoms with Crippen molar-refractivity contribution < 1.29 is 9.53 Å². The molecule has 2 aromatic carbocycles. The molecule has 0 aliphatic heterocycles. The van der Waals surface area contributed by atoms with Crippen LogP contribution in [0.3, 0.4) is 0 Å². The third kappa shape index (κ3) is 4.95. The summed E-state index contributed by atoms with van der Waals surface area (Å²) in [6.07, 6.45) is 2.19. The Bertz CT molecular complexity index is 933. The molecule has 0 saturated carbocycles. The zero-order chi connectivity index (χ0) is 19.1. The number of hydrogen-bond donors (Lipinski definition) is 2. The minimum absolute atomic E-state index is 0.269. The number of methoxy groups -OCH3 is 1. The van der Waals surface area contributed by atoms with E-state index in [4.69, 9.17) is 16.3 Å². The van der Waals surface area contributed by atoms with Crippen LogP contribution in [0.1, 0.15) is 16.1 Å². The van der Waals surface area contributed by atoms with Crippen LogP contribution >= 0.6 is 11.6 Å². The first kappa shape index (κ1) is 18.7. The summed E-state index contributed by atoms with van der Waals surface area (Å²) in [6, 6.07) is 16.5. The number of para-hydroxylation sites is 2. The predicted molar refractivity (Wildman–Crippen MR) is 106 cm³/mol. The van der Waals surface area contributed by atoms with E-state index in [1.54, 1.807) is 19.2 Å². The Labute approximate surface area is 162 Å². The monoisotopic (exact) mass is 382 g/mol. The average Bonchev–Trinajstić information content (AvgIpc) is 2.70. The zero-order valence-electron chi connectivity index (χ0n) is 14.8. The van der Waals surface area contributed by atoms with Gasteiger partial charge < -0.3 is 15.4 Å². The first-order chi connectivity index (χ1) is 13.2. The highest BCUT2D eigenvalue weighted by atomic mass is 35.5. The van der Waals surface area contributed by atoms with Gasteiger partial charge in [-0.05, 0) is 36.2 Å². The van der Waals surface area contributed by atoms with Gasteiger partial charge in [0.25, 0.3) is 5.91 Å². The predicted octanol–water partition coefficient (Wildman–Crippen LogP) is 3.85. The van der Waals surface area contributed by atoms with E-state index < -0.39 is 0 Å². The van der Waals surface area contributed by atoms with Crippen LogP contribution in [0.25, 0.3) is 0 Å². The van der Waals surface area contributed by atoms with Crippen LogP contribution in [0.4, 0.5) is 11.6 Å². The summed E-state index contributed by atoms with van der Waals surface area (Å²) in [5.74, 6) is 0.843. The van der Waals surface area contributed by atoms with Crippen molar-refractivity contribution in [1.29, 1.82) is 0 Å². The van der Waals surface area contributed by atoms with Gasteiger partial charge in [-0.2, -0.15) is 0 Å². The Kier molecular flexibility index (Phi) is 6.22. The maximum atomic E-state index is 12.4. The summed E-state index contributed by atoms with van der Waals surface area (Å²) >= 11 is 6.12. The van der Waals surface area contributed by atoms with Crippen LogP contribution in [0.15, 0.2) is 60.8 Å². The largest absolute Gasteiger partial charge is 0.496 e. The molecule has 2 N–H and O–H groups in total. The number of carbonyl (C=O) groups is 1. The van der Waals surface area contributed by atoms with Crippen LogP contribution in [0.2, 0.25) is 5.02 Å². The number of anilines is 2. The Morgan fingerprint density at radius 3 is 2.70 bits per heavy atom. The topological polar surface area (TPSA) is 76.1 Å². The molecule has 0 atom stereocenters. The van der Waals surface area contributed by atoms with E-state index in [1.807, 2.05) is 42.5 Å². The number of nitrogens with zero attached hydrogens (tertiary/aromatic N) is 2. The molecule has 1 amide bonds. The molecule has 7 heteroatoms. The number of aromatic nitrogens is 2. The average molecular weight is 383 g/mol. The second-order valence-electron chi connectivity index (χ2n) is 5.69. The fourth-order valence-corrected chi connectivity index (χ4v) is 2.72. The van der Waals surface area contributed by atoms with Crippen molar-refractivity contribution in [3.8, 4) is 5.75 Å². The molecular weight excluding hydrogens is 364 g/mol. The van der Waals surface area contributed by atoms with E-state index >= 15 is 0 Å². The van der Waals surface area contributed by atoms with Crippen LogP contribution in [-0.4, -0.2) is 29.5 Å². The second kappa shape index (κ2) is 9.00. The van der Waals surface area contributed by atoms with E-state index in [-0.39, 0.29) is 11.6 Å². The first-order valence-electron chi connectivity index (χ1n) is 8.42. The van der Waals surface area contributed by atoms with Gasteiger partial charge in [0.1, 0.15) is 11.4 Å². The highest BCUT2D eigenvalue weighted by Gasteiger charge is 2.10. The normalized spacial score (nSPS) is 10.3. The standard InChI is InChI=1S/C20H19ClN4O2/c1-27-18-9-5-2-6-14(18)10-12-22-19(26)17-11-13-23-20(25-17)24-16-8-4-3-7-15(16)21/h2-9,11,13H,10,12H2,1H3,(H,22,26)(H,23,24,25). The number of halogens is 1. The molecule has 138 valence electrons. The van der Waals surface area contributed by atoms with Crippen molar-refractivity contribution in [2.24, 2.45) is 0 Å². The lowest BCUT2D eigenvalue weighted by Gasteiger charge is -2.10. The summed E-state index contributed by atoms with van der Waals surface area (Å²) in [7, 11) is 1.63.